The Hall–Kier alpha value is -2.80. The molecule has 51 heavy (non-hydrogen) atoms. The highest BCUT2D eigenvalue weighted by Crippen LogP contribution is 2.34. The number of methoxy groups -OCH3 is 2. The van der Waals surface area contributed by atoms with Gasteiger partial charge in [-0.15, -0.1) is 0 Å². The standard InChI is InChI=1S/C26H40N2O23/c1-43-11-7(31)9(33)25(50-15(11)19(35)36)47-14-8(32)10(34)26(51-18(14)22(41)42)46-13-6(30)4(28)24(49-17(13)21(39)40)45-12-5(29)3(27)23(44-2)48-16(12)20(37)38/h3-18,23-26,29-34H,27-28H2,1-2H3,(H,35,36)(H,37,38)(H,39,40)(H,41,42)/t3-,4?,5?,6-,7+,8?,9?,10?,11+,12-,13+,14+,15?,16?,17?,18-,23+,24-,25-,26-/m1/s1. The van der Waals surface area contributed by atoms with Crippen LogP contribution in [-0.2, 0) is 61.8 Å². The zero-order valence-corrected chi connectivity index (χ0v) is 26.5. The molecule has 4 fully saturated rings. The van der Waals surface area contributed by atoms with Crippen LogP contribution < -0.4 is 11.5 Å². The maximum Gasteiger partial charge on any atom is 0.335 e. The van der Waals surface area contributed by atoms with Crippen LogP contribution in [0.2, 0.25) is 0 Å². The summed E-state index contributed by atoms with van der Waals surface area (Å²) in [6.07, 6.45) is -36.7. The van der Waals surface area contributed by atoms with E-state index >= 15 is 0 Å². The molecule has 25 heteroatoms. The molecule has 0 aliphatic carbocycles. The lowest BCUT2D eigenvalue weighted by Crippen LogP contribution is -2.70. The van der Waals surface area contributed by atoms with E-state index in [-0.39, 0.29) is 0 Å². The molecule has 4 heterocycles. The molecule has 0 saturated carbocycles. The zero-order chi connectivity index (χ0) is 38.2. The van der Waals surface area contributed by atoms with Gasteiger partial charge >= 0.3 is 23.9 Å². The molecule has 292 valence electrons. The largest absolute Gasteiger partial charge is 0.479 e. The molecule has 0 aromatic carbocycles. The fourth-order valence-corrected chi connectivity index (χ4v) is 5.96. The van der Waals surface area contributed by atoms with Gasteiger partial charge in [0.1, 0.15) is 61.0 Å². The predicted molar refractivity (Wildman–Crippen MR) is 150 cm³/mol. The van der Waals surface area contributed by atoms with Gasteiger partial charge in [-0.1, -0.05) is 0 Å². The summed E-state index contributed by atoms with van der Waals surface area (Å²) in [6, 6.07) is -3.19. The Balaban J connectivity index is 1.51. The van der Waals surface area contributed by atoms with Crippen LogP contribution in [0.25, 0.3) is 0 Å². The number of nitrogens with two attached hydrogens (primary N) is 2. The molecule has 14 N–H and O–H groups in total. The normalized spacial score (nSPS) is 47.7. The van der Waals surface area contributed by atoms with Crippen LogP contribution >= 0.6 is 0 Å². The summed E-state index contributed by atoms with van der Waals surface area (Å²) in [4.78, 5) is 47.9. The van der Waals surface area contributed by atoms with Gasteiger partial charge in [0.2, 0.25) is 0 Å². The molecule has 4 rings (SSSR count). The summed E-state index contributed by atoms with van der Waals surface area (Å²) in [6.45, 7) is 0. The fourth-order valence-electron chi connectivity index (χ4n) is 5.96. The molecule has 0 aromatic rings. The summed E-state index contributed by atoms with van der Waals surface area (Å²) in [5.41, 5.74) is 11.9. The van der Waals surface area contributed by atoms with E-state index in [0.29, 0.717) is 0 Å². The minimum atomic E-state index is -2.34. The van der Waals surface area contributed by atoms with Gasteiger partial charge in [0.25, 0.3) is 0 Å². The molecule has 4 aliphatic rings. The van der Waals surface area contributed by atoms with Crippen molar-refractivity contribution in [1.29, 1.82) is 0 Å². The molecule has 0 amide bonds. The first-order chi connectivity index (χ1) is 23.9. The molecular weight excluding hydrogens is 708 g/mol. The summed E-state index contributed by atoms with van der Waals surface area (Å²) < 4.78 is 46.9. The number of carbonyl (C=O) groups is 4. The molecule has 25 nitrogen and oxygen atoms in total. The van der Waals surface area contributed by atoms with Crippen LogP contribution in [-0.4, -0.2) is 212 Å². The van der Waals surface area contributed by atoms with Crippen molar-refractivity contribution in [2.45, 2.75) is 123 Å². The first-order valence-electron chi connectivity index (χ1n) is 15.0. The first-order valence-corrected chi connectivity index (χ1v) is 15.0. The van der Waals surface area contributed by atoms with Gasteiger partial charge in [-0.2, -0.15) is 0 Å². The Bertz CT molecular complexity index is 1260. The third-order valence-corrected chi connectivity index (χ3v) is 8.69. The van der Waals surface area contributed by atoms with E-state index in [2.05, 4.69) is 0 Å². The second-order valence-electron chi connectivity index (χ2n) is 11.9. The Morgan fingerprint density at radius 3 is 1.10 bits per heavy atom. The van der Waals surface area contributed by atoms with Crippen LogP contribution in [0.3, 0.4) is 0 Å². The Morgan fingerprint density at radius 2 is 0.725 bits per heavy atom. The Morgan fingerprint density at radius 1 is 0.431 bits per heavy atom. The molecule has 4 saturated heterocycles. The van der Waals surface area contributed by atoms with E-state index < -0.39 is 147 Å². The van der Waals surface area contributed by atoms with Crippen molar-refractivity contribution in [3.05, 3.63) is 0 Å². The maximum absolute atomic E-state index is 12.2. The molecule has 0 aromatic heterocycles. The number of carboxylic acids is 4. The monoisotopic (exact) mass is 748 g/mol. The van der Waals surface area contributed by atoms with Crippen molar-refractivity contribution in [1.82, 2.24) is 0 Å². The van der Waals surface area contributed by atoms with E-state index in [9.17, 15) is 70.2 Å². The van der Waals surface area contributed by atoms with Crippen LogP contribution in [0.1, 0.15) is 0 Å². The maximum atomic E-state index is 12.2. The SMILES string of the molecule is CO[C@H]1OC(C(=O)O)[C@H](O[C@@H]2OC(C(=O)O)[C@@H](O[C@@H]3O[C@@H](C(=O)O)[C@@H](O[C@@H]4OC(C(=O)O)[C@@H](OC)[C@@H](O)C4O)C(O)C3O)[C@H](O)C2N)C(O)[C@H]1N. The van der Waals surface area contributed by atoms with Crippen LogP contribution in [0, 0.1) is 0 Å². The van der Waals surface area contributed by atoms with Crippen molar-refractivity contribution in [2.75, 3.05) is 14.2 Å². The second kappa shape index (κ2) is 16.5. The van der Waals surface area contributed by atoms with Crippen molar-refractivity contribution < 1.29 is 113 Å². The third kappa shape index (κ3) is 8.09. The lowest BCUT2D eigenvalue weighted by Gasteiger charge is -2.48. The zero-order valence-electron chi connectivity index (χ0n) is 26.5. The van der Waals surface area contributed by atoms with Crippen molar-refractivity contribution in [3.63, 3.8) is 0 Å². The van der Waals surface area contributed by atoms with Gasteiger partial charge < -0.3 is 105 Å². The molecule has 20 atom stereocenters. The molecule has 8 unspecified atom stereocenters. The molecule has 0 bridgehead atoms. The number of carboxylic acid groups (broad SMARTS) is 4. The van der Waals surface area contributed by atoms with Gasteiger partial charge in [-0.05, 0) is 0 Å². The molecular formula is C26H40N2O23. The number of hydrogen-bond donors (Lipinski definition) is 12. The Labute approximate surface area is 285 Å². The van der Waals surface area contributed by atoms with Gasteiger partial charge in [-0.3, -0.25) is 0 Å². The summed E-state index contributed by atoms with van der Waals surface area (Å²) >= 11 is 0. The Kier molecular flexibility index (Phi) is 13.2. The number of ether oxygens (including phenoxy) is 9. The number of aliphatic hydroxyl groups excluding tert-OH is 6. The van der Waals surface area contributed by atoms with Crippen molar-refractivity contribution >= 4 is 23.9 Å². The average Bonchev–Trinajstić information content (AvgIpc) is 3.07. The topological polar surface area (TPSA) is 406 Å². The number of rotatable bonds is 12. The highest BCUT2D eigenvalue weighted by Gasteiger charge is 2.58. The smallest absolute Gasteiger partial charge is 0.335 e. The van der Waals surface area contributed by atoms with Gasteiger partial charge in [-0.25, -0.2) is 19.2 Å². The highest BCUT2D eigenvalue weighted by atomic mass is 16.8. The van der Waals surface area contributed by atoms with E-state index in [4.69, 9.17) is 54.1 Å². The summed E-state index contributed by atoms with van der Waals surface area (Å²) in [5.74, 6) is -7.10. The number of aliphatic hydroxyl groups is 6. The van der Waals surface area contributed by atoms with E-state index in [1.54, 1.807) is 0 Å². The van der Waals surface area contributed by atoms with Crippen LogP contribution in [0.5, 0.6) is 0 Å². The molecule has 0 radical (unpaired) electrons. The molecule has 4 aliphatic heterocycles. The first kappa shape index (κ1) is 41.0. The van der Waals surface area contributed by atoms with Gasteiger partial charge in [0, 0.05) is 14.2 Å². The van der Waals surface area contributed by atoms with Crippen LogP contribution in [0.15, 0.2) is 0 Å². The van der Waals surface area contributed by atoms with Crippen LogP contribution in [0.4, 0.5) is 0 Å². The average molecular weight is 749 g/mol. The number of aliphatic carboxylic acids is 4. The van der Waals surface area contributed by atoms with Gasteiger partial charge in [0.05, 0.1) is 12.1 Å². The van der Waals surface area contributed by atoms with E-state index in [0.717, 1.165) is 14.2 Å². The second-order valence-corrected chi connectivity index (χ2v) is 11.9. The third-order valence-electron chi connectivity index (χ3n) is 8.69. The van der Waals surface area contributed by atoms with Crippen molar-refractivity contribution in [2.24, 2.45) is 11.5 Å². The van der Waals surface area contributed by atoms with Gasteiger partial charge in [0.15, 0.2) is 49.6 Å². The lowest BCUT2D eigenvalue weighted by atomic mass is 9.94. The molecule has 0 spiro atoms. The quantitative estimate of drug-likeness (QED) is 0.0881. The van der Waals surface area contributed by atoms with E-state index in [1.165, 1.54) is 0 Å². The summed E-state index contributed by atoms with van der Waals surface area (Å²) in [7, 11) is 2.13. The minimum Gasteiger partial charge on any atom is -0.479 e. The number of hydrogen-bond acceptors (Lipinski definition) is 21. The predicted octanol–water partition coefficient (Wildman–Crippen LogP) is -8.14. The summed E-state index contributed by atoms with van der Waals surface area (Å²) in [5, 5.41) is 103. The highest BCUT2D eigenvalue weighted by molar-refractivity contribution is 5.75. The minimum absolute atomic E-state index is 1.01. The fraction of sp³-hybridized carbons (Fsp3) is 0.846. The lowest BCUT2D eigenvalue weighted by molar-refractivity contribution is -0.369. The van der Waals surface area contributed by atoms with Crippen molar-refractivity contribution in [3.8, 4) is 0 Å². The van der Waals surface area contributed by atoms with E-state index in [1.807, 2.05) is 0 Å².